The van der Waals surface area contributed by atoms with E-state index in [0.717, 1.165) is 67.9 Å². The van der Waals surface area contributed by atoms with Crippen LogP contribution in [0.2, 0.25) is 0 Å². The molecule has 0 aromatic rings. The van der Waals surface area contributed by atoms with Crippen molar-refractivity contribution in [3.05, 3.63) is 58.5 Å². The molecule has 1 aliphatic heterocycles. The molecule has 6 heteroatoms. The summed E-state index contributed by atoms with van der Waals surface area (Å²) in [6.07, 6.45) is 24.5. The van der Waals surface area contributed by atoms with Crippen LogP contribution in [0.15, 0.2) is 63.4 Å². The molecule has 5 nitrogen and oxygen atoms in total. The minimum absolute atomic E-state index is 0.162. The number of carbonyl (C=O) groups excluding carboxylic acids is 1. The predicted octanol–water partition coefficient (Wildman–Crippen LogP) is 6.20. The van der Waals surface area contributed by atoms with Gasteiger partial charge in [-0.3, -0.25) is 9.79 Å². The quantitative estimate of drug-likeness (QED) is 0.192. The number of amides is 1. The third-order valence-electron chi connectivity index (χ3n) is 7.97. The lowest BCUT2D eigenvalue weighted by molar-refractivity contribution is -0.109. The Bertz CT molecular complexity index is 945. The molecule has 4 rings (SSSR count). The molecule has 0 aromatic carbocycles. The number of hydrogen-bond donors (Lipinski definition) is 3. The van der Waals surface area contributed by atoms with E-state index in [2.05, 4.69) is 34.7 Å². The summed E-state index contributed by atoms with van der Waals surface area (Å²) in [5.74, 6) is 0.322. The van der Waals surface area contributed by atoms with Gasteiger partial charge in [-0.25, -0.2) is 0 Å². The molecule has 4 aliphatic rings. The highest BCUT2D eigenvalue weighted by Crippen LogP contribution is 2.37. The number of hydrogen-bond acceptors (Lipinski definition) is 4. The lowest BCUT2D eigenvalue weighted by Gasteiger charge is -2.35. The van der Waals surface area contributed by atoms with Crippen LogP contribution in [0.3, 0.4) is 0 Å². The van der Waals surface area contributed by atoms with Crippen LogP contribution in [0, 0.1) is 5.92 Å². The van der Waals surface area contributed by atoms with Crippen molar-refractivity contribution in [2.24, 2.45) is 10.9 Å². The summed E-state index contributed by atoms with van der Waals surface area (Å²) < 4.78 is 0. The Labute approximate surface area is 222 Å². The fourth-order valence-corrected chi connectivity index (χ4v) is 6.30. The standard InChI is InChI=1S/C30H43ClN4O/c1-2-23-26(14-11-15-27(23)34-21-36)32-18-9-5-3-4-6-10-19-33-30-24-12-7-8-13-28(24)35-29-20-22(31)16-17-25(29)30/h2,16-17,20-21,25-26,29,32-33H,1,3-15,18-19H2,(H,34,36). The van der Waals surface area contributed by atoms with Crippen LogP contribution < -0.4 is 16.0 Å². The number of halogens is 1. The first kappa shape index (κ1) is 26.9. The first-order valence-electron chi connectivity index (χ1n) is 14.1. The molecule has 0 spiro atoms. The minimum atomic E-state index is 0.162. The molecular weight excluding hydrogens is 468 g/mol. The molecule has 3 aliphatic carbocycles. The van der Waals surface area contributed by atoms with E-state index >= 15 is 0 Å². The van der Waals surface area contributed by atoms with E-state index in [-0.39, 0.29) is 6.04 Å². The van der Waals surface area contributed by atoms with E-state index in [9.17, 15) is 4.79 Å². The smallest absolute Gasteiger partial charge is 0.211 e. The van der Waals surface area contributed by atoms with Gasteiger partial charge in [0.25, 0.3) is 0 Å². The van der Waals surface area contributed by atoms with Crippen LogP contribution in [0.25, 0.3) is 0 Å². The van der Waals surface area contributed by atoms with Crippen molar-refractivity contribution in [2.75, 3.05) is 13.1 Å². The molecule has 3 N–H and O–H groups in total. The van der Waals surface area contributed by atoms with Crippen molar-refractivity contribution in [1.29, 1.82) is 0 Å². The lowest BCUT2D eigenvalue weighted by atomic mass is 9.80. The number of unbranched alkanes of at least 4 members (excludes halogenated alkanes) is 5. The molecule has 0 aromatic heterocycles. The summed E-state index contributed by atoms with van der Waals surface area (Å²) in [6.45, 7) is 6.01. The molecule has 0 saturated heterocycles. The zero-order valence-electron chi connectivity index (χ0n) is 21.7. The maximum Gasteiger partial charge on any atom is 0.211 e. The molecule has 1 heterocycles. The SMILES string of the molecule is C=CC1=C(NC=O)CCCC1NCCCCCCCCNC1=C2CCCCC2=NC2C=C(Cl)C=CC12. The van der Waals surface area contributed by atoms with Crippen LogP contribution >= 0.6 is 11.6 Å². The normalized spacial score (nSPS) is 25.5. The average Bonchev–Trinajstić information content (AvgIpc) is 2.89. The predicted molar refractivity (Wildman–Crippen MR) is 151 cm³/mol. The Morgan fingerprint density at radius 1 is 1.03 bits per heavy atom. The number of rotatable bonds is 14. The molecule has 36 heavy (non-hydrogen) atoms. The number of dihydropyridines is 1. The molecule has 3 unspecified atom stereocenters. The van der Waals surface area contributed by atoms with E-state index in [1.165, 1.54) is 68.3 Å². The Morgan fingerprint density at radius 2 is 1.81 bits per heavy atom. The topological polar surface area (TPSA) is 65.5 Å². The van der Waals surface area contributed by atoms with E-state index < -0.39 is 0 Å². The van der Waals surface area contributed by atoms with E-state index in [0.29, 0.717) is 12.0 Å². The second-order valence-electron chi connectivity index (χ2n) is 10.4. The second-order valence-corrected chi connectivity index (χ2v) is 10.9. The number of nitrogens with zero attached hydrogens (tertiary/aromatic N) is 1. The van der Waals surface area contributed by atoms with E-state index in [4.69, 9.17) is 16.6 Å². The molecule has 1 saturated carbocycles. The first-order valence-corrected chi connectivity index (χ1v) is 14.5. The summed E-state index contributed by atoms with van der Waals surface area (Å²) in [7, 11) is 0. The second kappa shape index (κ2) is 14.0. The fraction of sp³-hybridized carbons (Fsp3) is 0.600. The van der Waals surface area contributed by atoms with Gasteiger partial charge in [0.05, 0.1) is 6.04 Å². The molecule has 0 radical (unpaired) electrons. The Morgan fingerprint density at radius 3 is 2.61 bits per heavy atom. The van der Waals surface area contributed by atoms with Gasteiger partial charge in [-0.15, -0.1) is 0 Å². The van der Waals surface area contributed by atoms with Gasteiger partial charge in [0.2, 0.25) is 6.41 Å². The molecule has 196 valence electrons. The largest absolute Gasteiger partial charge is 0.388 e. The Hall–Kier alpha value is -2.11. The lowest BCUT2D eigenvalue weighted by Crippen LogP contribution is -2.36. The molecular formula is C30H43ClN4O. The maximum absolute atomic E-state index is 10.9. The monoisotopic (exact) mass is 510 g/mol. The number of carbonyl (C=O) groups is 1. The maximum atomic E-state index is 10.9. The Kier molecular flexibility index (Phi) is 10.5. The van der Waals surface area contributed by atoms with Crippen LogP contribution in [-0.4, -0.2) is 37.3 Å². The van der Waals surface area contributed by atoms with E-state index in [1.807, 2.05) is 12.2 Å². The number of fused-ring (bicyclic) bond motifs is 2. The third-order valence-corrected chi connectivity index (χ3v) is 8.22. The van der Waals surface area contributed by atoms with Crippen LogP contribution in [-0.2, 0) is 4.79 Å². The van der Waals surface area contributed by atoms with Crippen molar-refractivity contribution in [3.8, 4) is 0 Å². The highest BCUT2D eigenvalue weighted by molar-refractivity contribution is 6.31. The zero-order chi connectivity index (χ0) is 25.2. The number of allylic oxidation sites excluding steroid dienone is 4. The summed E-state index contributed by atoms with van der Waals surface area (Å²) in [5.41, 5.74) is 6.40. The summed E-state index contributed by atoms with van der Waals surface area (Å²) in [5, 5.41) is 11.2. The molecule has 0 bridgehead atoms. The van der Waals surface area contributed by atoms with Gasteiger partial charge in [-0.05, 0) is 87.6 Å². The summed E-state index contributed by atoms with van der Waals surface area (Å²) in [6, 6.07) is 0.481. The van der Waals surface area contributed by atoms with Crippen molar-refractivity contribution < 1.29 is 4.79 Å². The number of aliphatic imine (C=N–C) groups is 1. The molecule has 1 fully saturated rings. The summed E-state index contributed by atoms with van der Waals surface area (Å²) >= 11 is 6.28. The van der Waals surface area contributed by atoms with Gasteiger partial charge in [-0.1, -0.05) is 56.0 Å². The van der Waals surface area contributed by atoms with Gasteiger partial charge < -0.3 is 16.0 Å². The van der Waals surface area contributed by atoms with Gasteiger partial charge in [0.15, 0.2) is 0 Å². The number of nitrogens with one attached hydrogen (secondary N) is 3. The van der Waals surface area contributed by atoms with Gasteiger partial charge in [-0.2, -0.15) is 0 Å². The van der Waals surface area contributed by atoms with Gasteiger partial charge >= 0.3 is 0 Å². The highest BCUT2D eigenvalue weighted by Gasteiger charge is 2.33. The molecule has 3 atom stereocenters. The van der Waals surface area contributed by atoms with Crippen LogP contribution in [0.1, 0.15) is 83.5 Å². The van der Waals surface area contributed by atoms with Crippen LogP contribution in [0.4, 0.5) is 0 Å². The van der Waals surface area contributed by atoms with Crippen molar-refractivity contribution in [1.82, 2.24) is 16.0 Å². The fourth-order valence-electron chi connectivity index (χ4n) is 6.10. The molecule has 1 amide bonds. The first-order chi connectivity index (χ1) is 17.7. The van der Waals surface area contributed by atoms with Gasteiger partial charge in [0.1, 0.15) is 0 Å². The average molecular weight is 511 g/mol. The van der Waals surface area contributed by atoms with Crippen molar-refractivity contribution >= 4 is 23.7 Å². The van der Waals surface area contributed by atoms with Crippen LogP contribution in [0.5, 0.6) is 0 Å². The Balaban J connectivity index is 1.12. The van der Waals surface area contributed by atoms with E-state index in [1.54, 1.807) is 0 Å². The van der Waals surface area contributed by atoms with Crippen molar-refractivity contribution in [3.63, 3.8) is 0 Å². The van der Waals surface area contributed by atoms with Gasteiger partial charge in [0, 0.05) is 40.6 Å². The van der Waals surface area contributed by atoms with Crippen molar-refractivity contribution in [2.45, 2.75) is 95.6 Å². The minimum Gasteiger partial charge on any atom is -0.388 e. The zero-order valence-corrected chi connectivity index (χ0v) is 22.4. The highest BCUT2D eigenvalue weighted by atomic mass is 35.5. The summed E-state index contributed by atoms with van der Waals surface area (Å²) in [4.78, 5) is 15.9. The third kappa shape index (κ3) is 7.01.